The molecule has 0 heterocycles. The van der Waals surface area contributed by atoms with Gasteiger partial charge in [-0.15, -0.1) is 0 Å². The van der Waals surface area contributed by atoms with Crippen molar-refractivity contribution in [2.45, 2.75) is 24.8 Å². The van der Waals surface area contributed by atoms with Crippen LogP contribution in [0.2, 0.25) is 0 Å². The summed E-state index contributed by atoms with van der Waals surface area (Å²) >= 11 is 0. The molecule has 2 rings (SSSR count). The van der Waals surface area contributed by atoms with Crippen molar-refractivity contribution in [3.05, 3.63) is 60.2 Å². The fraction of sp³-hybridized carbons (Fsp3) is 0.300. The van der Waals surface area contributed by atoms with Crippen molar-refractivity contribution in [3.8, 4) is 0 Å². The molecule has 0 unspecified atom stereocenters. The Morgan fingerprint density at radius 1 is 1.00 bits per heavy atom. The van der Waals surface area contributed by atoms with Crippen molar-refractivity contribution in [1.82, 2.24) is 4.31 Å². The van der Waals surface area contributed by atoms with Crippen LogP contribution in [0.25, 0.3) is 0 Å². The van der Waals surface area contributed by atoms with E-state index < -0.39 is 22.6 Å². The molecule has 28 heavy (non-hydrogen) atoms. The smallest absolute Gasteiger partial charge is 0.338 e. The number of ether oxygens (including phenoxy) is 1. The van der Waals surface area contributed by atoms with Gasteiger partial charge in [-0.3, -0.25) is 4.79 Å². The monoisotopic (exact) mass is 404 g/mol. The van der Waals surface area contributed by atoms with Crippen LogP contribution >= 0.6 is 0 Å². The molecule has 0 radical (unpaired) electrons. The number of nitrogens with zero attached hydrogens (tertiary/aromatic N) is 2. The van der Waals surface area contributed by atoms with E-state index >= 15 is 0 Å². The first-order valence-corrected chi connectivity index (χ1v) is 10.2. The van der Waals surface area contributed by atoms with Crippen molar-refractivity contribution >= 4 is 27.6 Å². The fourth-order valence-corrected chi connectivity index (χ4v) is 3.54. The standard InChI is InChI=1S/C20H24N2O5S/c1-15(2)22(17-10-6-5-7-11-17)19(23)14-27-20(24)16-9-8-12-18(13-16)28(25,26)21(3)4/h5-13,15H,14H2,1-4H3. The molecule has 0 spiro atoms. The van der Waals surface area contributed by atoms with Crippen molar-refractivity contribution in [1.29, 1.82) is 0 Å². The quantitative estimate of drug-likeness (QED) is 0.662. The molecule has 150 valence electrons. The molecule has 0 fully saturated rings. The van der Waals surface area contributed by atoms with Crippen LogP contribution in [-0.4, -0.2) is 51.3 Å². The average Bonchev–Trinajstić information content (AvgIpc) is 2.66. The molecule has 7 nitrogen and oxygen atoms in total. The molecule has 0 aliphatic heterocycles. The predicted molar refractivity (Wildman–Crippen MR) is 107 cm³/mol. The Labute approximate surface area is 165 Å². The number of sulfonamides is 1. The molecule has 8 heteroatoms. The summed E-state index contributed by atoms with van der Waals surface area (Å²) in [6, 6.07) is 14.5. The first kappa shape index (κ1) is 21.6. The molecule has 0 saturated carbocycles. The molecular weight excluding hydrogens is 380 g/mol. The lowest BCUT2D eigenvalue weighted by Crippen LogP contribution is -2.39. The molecule has 0 aromatic heterocycles. The van der Waals surface area contributed by atoms with Crippen molar-refractivity contribution in [3.63, 3.8) is 0 Å². The maximum Gasteiger partial charge on any atom is 0.338 e. The molecule has 0 saturated heterocycles. The van der Waals surface area contributed by atoms with Crippen LogP contribution in [0.5, 0.6) is 0 Å². The number of esters is 1. The lowest BCUT2D eigenvalue weighted by atomic mass is 10.2. The van der Waals surface area contributed by atoms with Gasteiger partial charge in [-0.2, -0.15) is 0 Å². The third kappa shape index (κ3) is 4.96. The lowest BCUT2D eigenvalue weighted by molar-refractivity contribution is -0.122. The highest BCUT2D eigenvalue weighted by molar-refractivity contribution is 7.89. The molecule has 0 N–H and O–H groups in total. The molecular formula is C20H24N2O5S. The van der Waals surface area contributed by atoms with Gasteiger partial charge in [0.2, 0.25) is 10.0 Å². The minimum atomic E-state index is -3.67. The zero-order valence-corrected chi connectivity index (χ0v) is 17.1. The lowest BCUT2D eigenvalue weighted by Gasteiger charge is -2.26. The van der Waals surface area contributed by atoms with Crippen LogP contribution in [0.3, 0.4) is 0 Å². The number of amides is 1. The number of benzene rings is 2. The number of carbonyl (C=O) groups excluding carboxylic acids is 2. The van der Waals surface area contributed by atoms with Gasteiger partial charge in [-0.25, -0.2) is 17.5 Å². The van der Waals surface area contributed by atoms with Gasteiger partial charge < -0.3 is 9.64 Å². The number of hydrogen-bond donors (Lipinski definition) is 0. The zero-order valence-electron chi connectivity index (χ0n) is 16.3. The Hall–Kier alpha value is -2.71. The second-order valence-corrected chi connectivity index (χ2v) is 8.74. The maximum absolute atomic E-state index is 12.6. The molecule has 1 amide bonds. The second kappa shape index (κ2) is 8.99. The molecule has 0 atom stereocenters. The van der Waals surface area contributed by atoms with Crippen molar-refractivity contribution in [2.24, 2.45) is 0 Å². The number of carbonyl (C=O) groups is 2. The van der Waals surface area contributed by atoms with E-state index in [1.54, 1.807) is 17.0 Å². The summed E-state index contributed by atoms with van der Waals surface area (Å²) in [5, 5.41) is 0. The summed E-state index contributed by atoms with van der Waals surface area (Å²) < 4.78 is 30.6. The summed E-state index contributed by atoms with van der Waals surface area (Å²) in [5.74, 6) is -1.13. The highest BCUT2D eigenvalue weighted by atomic mass is 32.2. The molecule has 0 aliphatic rings. The number of hydrogen-bond acceptors (Lipinski definition) is 5. The zero-order chi connectivity index (χ0) is 20.9. The topological polar surface area (TPSA) is 84.0 Å². The summed E-state index contributed by atoms with van der Waals surface area (Å²) in [7, 11) is -0.863. The van der Waals surface area contributed by atoms with E-state index in [4.69, 9.17) is 4.74 Å². The number of rotatable bonds is 7. The first-order chi connectivity index (χ1) is 13.1. The molecule has 2 aromatic rings. The van der Waals surface area contributed by atoms with Crippen LogP contribution in [0, 0.1) is 0 Å². The largest absolute Gasteiger partial charge is 0.452 e. The van der Waals surface area contributed by atoms with Crippen LogP contribution in [0.4, 0.5) is 5.69 Å². The molecule has 2 aromatic carbocycles. The van der Waals surface area contributed by atoms with Gasteiger partial charge in [-0.1, -0.05) is 24.3 Å². The van der Waals surface area contributed by atoms with Gasteiger partial charge in [0.25, 0.3) is 5.91 Å². The Bertz CT molecular complexity index is 940. The minimum absolute atomic E-state index is 0.0219. The van der Waals surface area contributed by atoms with Gasteiger partial charge >= 0.3 is 5.97 Å². The van der Waals surface area contributed by atoms with Crippen molar-refractivity contribution in [2.75, 3.05) is 25.6 Å². The van der Waals surface area contributed by atoms with E-state index in [1.165, 1.54) is 38.4 Å². The van der Waals surface area contributed by atoms with E-state index in [0.717, 1.165) is 4.31 Å². The summed E-state index contributed by atoms with van der Waals surface area (Å²) in [6.45, 7) is 3.28. The summed E-state index contributed by atoms with van der Waals surface area (Å²) in [4.78, 5) is 26.4. The normalized spacial score (nSPS) is 11.5. The first-order valence-electron chi connectivity index (χ1n) is 8.71. The number of para-hydroxylation sites is 1. The third-order valence-electron chi connectivity index (χ3n) is 3.99. The van der Waals surface area contributed by atoms with E-state index in [0.29, 0.717) is 5.69 Å². The fourth-order valence-electron chi connectivity index (χ4n) is 2.59. The summed E-state index contributed by atoms with van der Waals surface area (Å²) in [6.07, 6.45) is 0. The predicted octanol–water partition coefficient (Wildman–Crippen LogP) is 2.54. The van der Waals surface area contributed by atoms with Gasteiger partial charge in [0.15, 0.2) is 6.61 Å². The highest BCUT2D eigenvalue weighted by Gasteiger charge is 2.22. The maximum atomic E-state index is 12.6. The second-order valence-electron chi connectivity index (χ2n) is 6.58. The third-order valence-corrected chi connectivity index (χ3v) is 5.81. The Kier molecular flexibility index (Phi) is 6.93. The minimum Gasteiger partial charge on any atom is -0.452 e. The van der Waals surface area contributed by atoms with Crippen molar-refractivity contribution < 1.29 is 22.7 Å². The highest BCUT2D eigenvalue weighted by Crippen LogP contribution is 2.18. The Morgan fingerprint density at radius 2 is 1.64 bits per heavy atom. The average molecular weight is 404 g/mol. The Morgan fingerprint density at radius 3 is 2.21 bits per heavy atom. The van der Waals surface area contributed by atoms with E-state index in [1.807, 2.05) is 32.0 Å². The molecule has 0 bridgehead atoms. The van der Waals surface area contributed by atoms with Crippen LogP contribution < -0.4 is 4.90 Å². The van der Waals surface area contributed by atoms with Gasteiger partial charge in [0.1, 0.15) is 0 Å². The van der Waals surface area contributed by atoms with Gasteiger partial charge in [0, 0.05) is 25.8 Å². The SMILES string of the molecule is CC(C)N(C(=O)COC(=O)c1cccc(S(=O)(=O)N(C)C)c1)c1ccccc1. The Balaban J connectivity index is 2.12. The van der Waals surface area contributed by atoms with E-state index in [9.17, 15) is 18.0 Å². The van der Waals surface area contributed by atoms with E-state index in [2.05, 4.69) is 0 Å². The molecule has 0 aliphatic carbocycles. The van der Waals surface area contributed by atoms with Crippen LogP contribution in [0.1, 0.15) is 24.2 Å². The van der Waals surface area contributed by atoms with E-state index in [-0.39, 0.29) is 22.4 Å². The van der Waals surface area contributed by atoms with Gasteiger partial charge in [-0.05, 0) is 44.2 Å². The van der Waals surface area contributed by atoms with Crippen LogP contribution in [-0.2, 0) is 19.6 Å². The van der Waals surface area contributed by atoms with Crippen LogP contribution in [0.15, 0.2) is 59.5 Å². The number of anilines is 1. The summed E-state index contributed by atoms with van der Waals surface area (Å²) in [5.41, 5.74) is 0.768. The van der Waals surface area contributed by atoms with Gasteiger partial charge in [0.05, 0.1) is 10.5 Å².